The molecule has 0 aromatic heterocycles. The summed E-state index contributed by atoms with van der Waals surface area (Å²) >= 11 is 1.74. The molecule has 0 fully saturated rings. The summed E-state index contributed by atoms with van der Waals surface area (Å²) in [5.74, 6) is 1.62. The first-order valence-corrected chi connectivity index (χ1v) is 6.65. The summed E-state index contributed by atoms with van der Waals surface area (Å²) in [6.07, 6.45) is 0. The zero-order valence-corrected chi connectivity index (χ0v) is 10.8. The summed E-state index contributed by atoms with van der Waals surface area (Å²) in [6.45, 7) is 4.38. The summed E-state index contributed by atoms with van der Waals surface area (Å²) in [6, 6.07) is 10.0. The maximum absolute atomic E-state index is 8.82. The number of hydrogen-bond donors (Lipinski definition) is 1. The molecular formula is C13H15N3S. The summed E-state index contributed by atoms with van der Waals surface area (Å²) in [4.78, 5) is 4.62. The summed E-state index contributed by atoms with van der Waals surface area (Å²) < 4.78 is 0. The molecule has 1 heterocycles. The van der Waals surface area contributed by atoms with E-state index < -0.39 is 0 Å². The second-order valence-electron chi connectivity index (χ2n) is 4.37. The summed E-state index contributed by atoms with van der Waals surface area (Å²) in [5.41, 5.74) is 1.60. The molecule has 1 aliphatic heterocycles. The van der Waals surface area contributed by atoms with Crippen LogP contribution in [0.15, 0.2) is 29.3 Å². The summed E-state index contributed by atoms with van der Waals surface area (Å²) in [7, 11) is 0. The van der Waals surface area contributed by atoms with Gasteiger partial charge in [-0.05, 0) is 24.1 Å². The molecule has 3 nitrogen and oxygen atoms in total. The third-order valence-corrected chi connectivity index (χ3v) is 3.68. The lowest BCUT2D eigenvalue weighted by molar-refractivity contribution is 0.543. The predicted octanol–water partition coefficient (Wildman–Crippen LogP) is 3.10. The SMILES string of the molecule is CC(C)C1CSC(Nc2cccc(C#N)c2)=N1. The van der Waals surface area contributed by atoms with Crippen molar-refractivity contribution in [2.75, 3.05) is 11.1 Å². The van der Waals surface area contributed by atoms with Gasteiger partial charge >= 0.3 is 0 Å². The van der Waals surface area contributed by atoms with Crippen LogP contribution in [0.3, 0.4) is 0 Å². The van der Waals surface area contributed by atoms with Crippen molar-refractivity contribution in [1.82, 2.24) is 0 Å². The molecule has 17 heavy (non-hydrogen) atoms. The number of rotatable bonds is 2. The van der Waals surface area contributed by atoms with Gasteiger partial charge in [0.25, 0.3) is 0 Å². The number of hydrogen-bond acceptors (Lipinski definition) is 4. The number of nitrogens with one attached hydrogen (secondary N) is 1. The van der Waals surface area contributed by atoms with Gasteiger partial charge in [0.05, 0.1) is 17.7 Å². The van der Waals surface area contributed by atoms with Gasteiger partial charge in [-0.3, -0.25) is 4.99 Å². The van der Waals surface area contributed by atoms with Crippen molar-refractivity contribution in [3.8, 4) is 6.07 Å². The van der Waals surface area contributed by atoms with E-state index >= 15 is 0 Å². The topological polar surface area (TPSA) is 48.2 Å². The average Bonchev–Trinajstić information content (AvgIpc) is 2.78. The molecule has 0 saturated heterocycles. The standard InChI is InChI=1S/C13H15N3S/c1-9(2)12-8-17-13(16-12)15-11-5-3-4-10(6-11)7-14/h3-6,9,12H,8H2,1-2H3,(H,15,16). The van der Waals surface area contributed by atoms with Crippen LogP contribution >= 0.6 is 11.8 Å². The van der Waals surface area contributed by atoms with Gasteiger partial charge in [-0.1, -0.05) is 31.7 Å². The molecule has 4 heteroatoms. The highest BCUT2D eigenvalue weighted by atomic mass is 32.2. The fourth-order valence-electron chi connectivity index (χ4n) is 1.59. The Morgan fingerprint density at radius 3 is 3.00 bits per heavy atom. The molecule has 0 saturated carbocycles. The van der Waals surface area contributed by atoms with Gasteiger partial charge in [0.1, 0.15) is 0 Å². The van der Waals surface area contributed by atoms with Crippen molar-refractivity contribution in [1.29, 1.82) is 5.26 Å². The molecule has 88 valence electrons. The molecule has 0 radical (unpaired) electrons. The molecule has 1 N–H and O–H groups in total. The van der Waals surface area contributed by atoms with Gasteiger partial charge in [0, 0.05) is 11.4 Å². The number of nitrogens with zero attached hydrogens (tertiary/aromatic N) is 2. The van der Waals surface area contributed by atoms with Crippen LogP contribution in [0, 0.1) is 17.2 Å². The largest absolute Gasteiger partial charge is 0.335 e. The number of aliphatic imine (C=N–C) groups is 1. The van der Waals surface area contributed by atoms with Crippen LogP contribution in [0.4, 0.5) is 5.69 Å². The van der Waals surface area contributed by atoms with Crippen LogP contribution in [0.25, 0.3) is 0 Å². The first-order chi connectivity index (χ1) is 8.19. The fraction of sp³-hybridized carbons (Fsp3) is 0.385. The van der Waals surface area contributed by atoms with Crippen molar-refractivity contribution >= 4 is 22.6 Å². The van der Waals surface area contributed by atoms with Crippen molar-refractivity contribution < 1.29 is 0 Å². The fourth-order valence-corrected chi connectivity index (χ4v) is 2.78. The van der Waals surface area contributed by atoms with Crippen LogP contribution in [-0.2, 0) is 0 Å². The predicted molar refractivity (Wildman–Crippen MR) is 73.3 cm³/mol. The number of nitriles is 1. The Hall–Kier alpha value is -1.47. The minimum Gasteiger partial charge on any atom is -0.335 e. The highest BCUT2D eigenvalue weighted by Crippen LogP contribution is 2.24. The van der Waals surface area contributed by atoms with Gasteiger partial charge in [-0.15, -0.1) is 0 Å². The molecule has 0 aliphatic carbocycles. The van der Waals surface area contributed by atoms with Gasteiger partial charge in [0.15, 0.2) is 5.17 Å². The number of thioether (sulfide) groups is 1. The Balaban J connectivity index is 2.07. The number of benzene rings is 1. The summed E-state index contributed by atoms with van der Waals surface area (Å²) in [5, 5.41) is 13.0. The Morgan fingerprint density at radius 2 is 2.35 bits per heavy atom. The molecular weight excluding hydrogens is 230 g/mol. The van der Waals surface area contributed by atoms with Gasteiger partial charge < -0.3 is 5.32 Å². The van der Waals surface area contributed by atoms with E-state index in [0.29, 0.717) is 17.5 Å². The Morgan fingerprint density at radius 1 is 1.53 bits per heavy atom. The van der Waals surface area contributed by atoms with Crippen LogP contribution < -0.4 is 5.32 Å². The van der Waals surface area contributed by atoms with Crippen LogP contribution in [-0.4, -0.2) is 17.0 Å². The van der Waals surface area contributed by atoms with E-state index in [1.165, 1.54) is 0 Å². The lowest BCUT2D eigenvalue weighted by Crippen LogP contribution is -2.12. The van der Waals surface area contributed by atoms with E-state index in [0.717, 1.165) is 16.6 Å². The van der Waals surface area contributed by atoms with E-state index in [9.17, 15) is 0 Å². The van der Waals surface area contributed by atoms with Crippen molar-refractivity contribution in [3.05, 3.63) is 29.8 Å². The lowest BCUT2D eigenvalue weighted by atomic mass is 10.1. The van der Waals surface area contributed by atoms with Crippen molar-refractivity contribution in [2.24, 2.45) is 10.9 Å². The van der Waals surface area contributed by atoms with E-state index in [1.807, 2.05) is 18.2 Å². The molecule has 1 aromatic carbocycles. The van der Waals surface area contributed by atoms with E-state index in [2.05, 4.69) is 30.2 Å². The number of anilines is 1. The zero-order valence-electron chi connectivity index (χ0n) is 9.97. The Kier molecular flexibility index (Phi) is 3.70. The van der Waals surface area contributed by atoms with Crippen molar-refractivity contribution in [2.45, 2.75) is 19.9 Å². The molecule has 1 aromatic rings. The highest BCUT2D eigenvalue weighted by Gasteiger charge is 2.20. The smallest absolute Gasteiger partial charge is 0.161 e. The maximum atomic E-state index is 8.82. The first-order valence-electron chi connectivity index (χ1n) is 5.67. The highest BCUT2D eigenvalue weighted by molar-refractivity contribution is 8.14. The normalized spacial score (nSPS) is 18.9. The lowest BCUT2D eigenvalue weighted by Gasteiger charge is -2.08. The molecule has 1 atom stereocenters. The molecule has 1 aliphatic rings. The van der Waals surface area contributed by atoms with Crippen LogP contribution in [0.2, 0.25) is 0 Å². The van der Waals surface area contributed by atoms with E-state index in [4.69, 9.17) is 5.26 Å². The minimum atomic E-state index is 0.404. The molecule has 0 amide bonds. The zero-order chi connectivity index (χ0) is 12.3. The minimum absolute atomic E-state index is 0.404. The Labute approximate surface area is 106 Å². The van der Waals surface area contributed by atoms with Crippen LogP contribution in [0.5, 0.6) is 0 Å². The first kappa shape index (κ1) is 12.0. The molecule has 0 bridgehead atoms. The van der Waals surface area contributed by atoms with Crippen molar-refractivity contribution in [3.63, 3.8) is 0 Å². The number of amidine groups is 1. The Bertz CT molecular complexity index is 474. The van der Waals surface area contributed by atoms with E-state index in [-0.39, 0.29) is 0 Å². The molecule has 1 unspecified atom stereocenters. The van der Waals surface area contributed by atoms with Gasteiger partial charge in [-0.2, -0.15) is 5.26 Å². The molecule has 0 spiro atoms. The second kappa shape index (κ2) is 5.24. The average molecular weight is 245 g/mol. The third-order valence-electron chi connectivity index (χ3n) is 2.69. The van der Waals surface area contributed by atoms with Gasteiger partial charge in [-0.25, -0.2) is 0 Å². The quantitative estimate of drug-likeness (QED) is 0.871. The maximum Gasteiger partial charge on any atom is 0.161 e. The third kappa shape index (κ3) is 3.01. The van der Waals surface area contributed by atoms with Crippen LogP contribution in [0.1, 0.15) is 19.4 Å². The monoisotopic (exact) mass is 245 g/mol. The van der Waals surface area contributed by atoms with E-state index in [1.54, 1.807) is 17.8 Å². The van der Waals surface area contributed by atoms with Gasteiger partial charge in [0.2, 0.25) is 0 Å². The second-order valence-corrected chi connectivity index (χ2v) is 5.38. The molecule has 2 rings (SSSR count).